The lowest BCUT2D eigenvalue weighted by Gasteiger charge is -2.45. The van der Waals surface area contributed by atoms with Crippen molar-refractivity contribution < 1.29 is 76.9 Å². The Morgan fingerprint density at radius 1 is 0.403 bits per heavy atom. The minimum absolute atomic E-state index is 0.149. The topological polar surface area (TPSA) is 270 Å². The summed E-state index contributed by atoms with van der Waals surface area (Å²) in [7, 11) is 0. The Morgan fingerprint density at radius 2 is 0.710 bits per heavy atom. The largest absolute Gasteiger partial charge is 0.574 e. The zero-order valence-corrected chi connectivity index (χ0v) is 74.5. The number of unbranched alkanes of at least 4 members (excludes halogenated alkanes) is 8. The zero-order valence-electron chi connectivity index (χ0n) is 74.5. The number of hydrogen-bond acceptors (Lipinski definition) is 21. The van der Waals surface area contributed by atoms with Crippen LogP contribution < -0.4 is 39.0 Å². The first-order chi connectivity index (χ1) is 59.9. The van der Waals surface area contributed by atoms with E-state index in [2.05, 4.69) is 204 Å². The summed E-state index contributed by atoms with van der Waals surface area (Å²) in [5, 5.41) is 35.3. The Kier molecular flexibility index (Phi) is 35.8. The number of nitrogens with zero attached hydrogens (tertiary/aromatic N) is 8. The van der Waals surface area contributed by atoms with Crippen molar-refractivity contribution in [2.75, 3.05) is 72.0 Å². The summed E-state index contributed by atoms with van der Waals surface area (Å²) in [6.45, 7) is 41.0. The van der Waals surface area contributed by atoms with Crippen LogP contribution in [-0.2, 0) is 66.7 Å². The van der Waals surface area contributed by atoms with Crippen molar-refractivity contribution in [3.05, 3.63) is 221 Å². The molecule has 24 heteroatoms. The molecular formula is C100H124N8O16. The molecule has 2 spiro atoms. The Balaban J connectivity index is 0.000000296. The molecule has 3 fully saturated rings. The van der Waals surface area contributed by atoms with Crippen molar-refractivity contribution in [1.29, 1.82) is 5.26 Å². The van der Waals surface area contributed by atoms with Gasteiger partial charge in [0.2, 0.25) is 34.2 Å². The van der Waals surface area contributed by atoms with Gasteiger partial charge in [0.1, 0.15) is 22.8 Å². The number of allylic oxidation sites excluding steroid dienone is 12. The van der Waals surface area contributed by atoms with Crippen LogP contribution in [0, 0.1) is 17.9 Å². The third-order valence-electron chi connectivity index (χ3n) is 22.6. The number of carbonyl (C=O) groups excluding carboxylic acids is 6. The zero-order chi connectivity index (χ0) is 89.4. The first-order valence-electron chi connectivity index (χ1n) is 44.5. The van der Waals surface area contributed by atoms with Crippen molar-refractivity contribution in [2.24, 2.45) is 0 Å². The molecule has 4 aliphatic heterocycles. The lowest BCUT2D eigenvalue weighted by Crippen LogP contribution is -2.56. The van der Waals surface area contributed by atoms with Crippen LogP contribution in [0.25, 0.3) is 4.85 Å². The minimum Gasteiger partial charge on any atom is -0.574 e. The second-order valence-electron chi connectivity index (χ2n) is 32.0. The number of carbonyl (C=O) groups is 6. The van der Waals surface area contributed by atoms with Crippen molar-refractivity contribution in [1.82, 2.24) is 9.15 Å². The molecule has 2 aliphatic carbocycles. The number of benzene rings is 4. The number of rotatable bonds is 40. The van der Waals surface area contributed by atoms with E-state index in [1.807, 2.05) is 0 Å². The molecule has 4 heterocycles. The fraction of sp³-hybridized carbons (Fsp3) is 0.460. The molecule has 0 radical (unpaired) electrons. The molecule has 24 nitrogen and oxygen atoms in total. The van der Waals surface area contributed by atoms with Gasteiger partial charge in [-0.25, -0.2) is 33.6 Å². The Bertz CT molecular complexity index is 4520. The van der Waals surface area contributed by atoms with E-state index in [1.165, 1.54) is 61.7 Å². The van der Waals surface area contributed by atoms with Gasteiger partial charge < -0.3 is 67.7 Å². The summed E-state index contributed by atoms with van der Waals surface area (Å²) in [5.41, 5.74) is 10.1. The highest BCUT2D eigenvalue weighted by atomic mass is 16.8. The van der Waals surface area contributed by atoms with Gasteiger partial charge >= 0.3 is 35.8 Å². The predicted octanol–water partition coefficient (Wildman–Crippen LogP) is 18.9. The smallest absolute Gasteiger partial charge is 0.348 e. The summed E-state index contributed by atoms with van der Waals surface area (Å²) in [4.78, 5) is 89.7. The minimum atomic E-state index is -1.68. The molecule has 2 atom stereocenters. The Morgan fingerprint density at radius 3 is 1.02 bits per heavy atom. The van der Waals surface area contributed by atoms with Crippen LogP contribution in [0.3, 0.4) is 0 Å². The lowest BCUT2D eigenvalue weighted by molar-refractivity contribution is -0.397. The molecule has 1 saturated carbocycles. The maximum atomic E-state index is 12.8. The molecule has 4 aromatic rings. The molecule has 2 unspecified atom stereocenters. The molecule has 0 aromatic heterocycles. The molecule has 124 heavy (non-hydrogen) atoms. The molecule has 10 rings (SSSR count). The third kappa shape index (κ3) is 25.1. The maximum absolute atomic E-state index is 12.8. The molecule has 4 aromatic carbocycles. The maximum Gasteiger partial charge on any atom is 0.348 e. The van der Waals surface area contributed by atoms with Gasteiger partial charge in [0.25, 0.3) is 17.3 Å². The Labute approximate surface area is 732 Å². The lowest BCUT2D eigenvalue weighted by atomic mass is 9.87. The van der Waals surface area contributed by atoms with Gasteiger partial charge in [0.15, 0.2) is 11.6 Å². The standard InChI is InChI=1S/C64H90N8.C36H36O16/c1-10-18-42-67(43-19-11-2)54-26-30-56(31-27-54)71(63-40-38-60(50-53(63)52-65)69(46-22-14-5)47-23-15-6)57-34-36-59(37-35-57)72(58-32-28-55(29-33-58)68(44-20-12-3)45-21-13-4)64-41-39-61(51-62(64)66-9)70(48-24-16-7)49-25-17-8;1-5-33(3)45-25(37)21(26(38)46-33)13-9-7-11-15-23-29(41)49-35(50-30(23)42)17-19-36(20-18-35)51-31(43)24(32(44)52-36)16-12-8-10-14-22-27(39)47-34(4,6-2)48-28(22)40/h26-41,50-51H,10-25,42-49H2,1-8H3;7-16,37,39H,5-6,17-20H2,1-4H3/q+2;/p-2/b;11-7+,12-8+,13-9+,14-10+,23-15?,24-16?. The van der Waals surface area contributed by atoms with E-state index in [4.69, 9.17) is 44.5 Å². The Hall–Kier alpha value is -12.2. The number of nitriles is 1. The van der Waals surface area contributed by atoms with Crippen LogP contribution in [0.5, 0.6) is 0 Å². The fourth-order valence-corrected chi connectivity index (χ4v) is 14.8. The summed E-state index contributed by atoms with van der Waals surface area (Å²) in [6.07, 6.45) is 39.4. The van der Waals surface area contributed by atoms with Crippen LogP contribution in [0.1, 0.15) is 230 Å². The van der Waals surface area contributed by atoms with Gasteiger partial charge in [-0.2, -0.15) is 14.4 Å². The van der Waals surface area contributed by atoms with E-state index < -0.39 is 82.0 Å². The van der Waals surface area contributed by atoms with Crippen molar-refractivity contribution >= 4 is 98.4 Å². The molecule has 6 aliphatic rings. The molecule has 0 amide bonds. The van der Waals surface area contributed by atoms with Gasteiger partial charge in [0, 0.05) is 161 Å². The number of ether oxygens (including phenoxy) is 8. The number of esters is 6. The van der Waals surface area contributed by atoms with Crippen LogP contribution in [0.15, 0.2) is 204 Å². The quantitative estimate of drug-likeness (QED) is 0.00585. The molecule has 0 bridgehead atoms. The average molecular weight is 1690 g/mol. The van der Waals surface area contributed by atoms with Crippen LogP contribution in [0.2, 0.25) is 0 Å². The summed E-state index contributed by atoms with van der Waals surface area (Å²) in [5.74, 6) is -13.4. The summed E-state index contributed by atoms with van der Waals surface area (Å²) in [6, 6.07) is 33.6. The fourth-order valence-electron chi connectivity index (χ4n) is 14.8. The van der Waals surface area contributed by atoms with Gasteiger partial charge in [-0.1, -0.05) is 157 Å². The monoisotopic (exact) mass is 1690 g/mol. The predicted molar refractivity (Wildman–Crippen MR) is 483 cm³/mol. The SMILES string of the molecule is CCC1(C)OC(=O)C(/C=C/C=C/C=C2C(=O)OC3(CCC4(CC3)OC(=O)C(=C/C=C/C=C/C3=C([O-])OC(C)(CC)OC3=O)C(=O)O4)OC2=O)=C([O-])O1.[C-]#[N+]c1cc(N(CCCC)CCCC)ccc1[N+](=C1C=CC(=[N+](c2ccc(N(CCCC)CCCC)cc2)c2ccc(N(CCCC)CCCC)cc2C#N)C=C1)c1ccc(N(CCCC)CCCC)cc1. The van der Waals surface area contributed by atoms with Gasteiger partial charge in [-0.05, 0) is 151 Å². The number of anilines is 4. The molecule has 2 saturated heterocycles. The molecule has 0 N–H and O–H groups in total. The first-order valence-corrected chi connectivity index (χ1v) is 44.5. The second kappa shape index (κ2) is 46.3. The van der Waals surface area contributed by atoms with Crippen molar-refractivity contribution in [2.45, 2.75) is 247 Å². The molecular weight excluding hydrogens is 1570 g/mol. The van der Waals surface area contributed by atoms with Crippen molar-refractivity contribution in [3.8, 4) is 6.07 Å². The summed E-state index contributed by atoms with van der Waals surface area (Å²) >= 11 is 0. The van der Waals surface area contributed by atoms with Gasteiger partial charge in [0.05, 0.1) is 29.6 Å². The van der Waals surface area contributed by atoms with E-state index in [9.17, 15) is 44.2 Å². The first kappa shape index (κ1) is 95.7. The van der Waals surface area contributed by atoms with E-state index in [1.54, 1.807) is 13.8 Å². The highest BCUT2D eigenvalue weighted by Gasteiger charge is 2.57. The van der Waals surface area contributed by atoms with Gasteiger partial charge in [-0.15, -0.1) is 0 Å². The van der Waals surface area contributed by atoms with Crippen molar-refractivity contribution in [3.63, 3.8) is 0 Å². The van der Waals surface area contributed by atoms with E-state index in [-0.39, 0.29) is 49.7 Å². The summed E-state index contributed by atoms with van der Waals surface area (Å²) < 4.78 is 46.9. The second-order valence-corrected chi connectivity index (χ2v) is 32.0. The van der Waals surface area contributed by atoms with Crippen LogP contribution >= 0.6 is 0 Å². The highest BCUT2D eigenvalue weighted by Crippen LogP contribution is 2.46. The van der Waals surface area contributed by atoms with Crippen LogP contribution in [0.4, 0.5) is 51.2 Å². The highest BCUT2D eigenvalue weighted by molar-refractivity contribution is 6.21. The van der Waals surface area contributed by atoms with Gasteiger partial charge in [-0.3, -0.25) is 0 Å². The van der Waals surface area contributed by atoms with E-state index in [0.717, 1.165) is 225 Å². The van der Waals surface area contributed by atoms with E-state index >= 15 is 0 Å². The van der Waals surface area contributed by atoms with Crippen LogP contribution in [-0.4, -0.2) is 123 Å². The van der Waals surface area contributed by atoms with E-state index in [0.29, 0.717) is 11.3 Å². The number of hydrogen-bond donors (Lipinski definition) is 0. The number of cyclic esters (lactones) is 2. The third-order valence-corrected chi connectivity index (χ3v) is 22.6. The molecule has 660 valence electrons. The normalized spacial score (nSPS) is 20.0. The average Bonchev–Trinajstić information content (AvgIpc) is 0.753.